The summed E-state index contributed by atoms with van der Waals surface area (Å²) in [5.74, 6) is -1.31. The third-order valence-electron chi connectivity index (χ3n) is 2.01. The zero-order valence-electron chi connectivity index (χ0n) is 8.53. The smallest absolute Gasteiger partial charge is 0.304 e. The first-order chi connectivity index (χ1) is 7.63. The van der Waals surface area contributed by atoms with E-state index in [4.69, 9.17) is 10.4 Å². The minimum absolute atomic E-state index is 0.0143. The molecule has 0 radical (unpaired) electrons. The Labute approximate surface area is 92.3 Å². The zero-order valence-corrected chi connectivity index (χ0v) is 8.53. The van der Waals surface area contributed by atoms with Gasteiger partial charge in [-0.3, -0.25) is 4.79 Å². The Hall–Kier alpha value is -1.93. The van der Waals surface area contributed by atoms with Crippen LogP contribution in [0.5, 0.6) is 0 Å². The molecule has 0 aromatic heterocycles. The van der Waals surface area contributed by atoms with Crippen molar-refractivity contribution in [2.75, 3.05) is 6.54 Å². The first-order valence-electron chi connectivity index (χ1n) is 4.74. The van der Waals surface area contributed by atoms with Gasteiger partial charge in [0, 0.05) is 18.7 Å². The topological polar surface area (TPSA) is 73.1 Å². The molecule has 0 heterocycles. The van der Waals surface area contributed by atoms with E-state index in [1.54, 1.807) is 0 Å². The molecule has 1 aromatic carbocycles. The molecule has 0 unspecified atom stereocenters. The second-order valence-electron chi connectivity index (χ2n) is 3.24. The van der Waals surface area contributed by atoms with E-state index in [2.05, 4.69) is 5.32 Å². The van der Waals surface area contributed by atoms with Crippen molar-refractivity contribution in [3.8, 4) is 6.07 Å². The van der Waals surface area contributed by atoms with Gasteiger partial charge in [0.25, 0.3) is 0 Å². The number of rotatable bonds is 5. The lowest BCUT2D eigenvalue weighted by Gasteiger charge is -2.04. The number of nitrogens with one attached hydrogen (secondary N) is 1. The van der Waals surface area contributed by atoms with Crippen LogP contribution in [0.2, 0.25) is 0 Å². The second kappa shape index (κ2) is 5.83. The fourth-order valence-corrected chi connectivity index (χ4v) is 1.20. The van der Waals surface area contributed by atoms with Crippen molar-refractivity contribution < 1.29 is 14.3 Å². The molecule has 5 heteroatoms. The second-order valence-corrected chi connectivity index (χ2v) is 3.24. The number of carboxylic acids is 1. The monoisotopic (exact) mass is 222 g/mol. The summed E-state index contributed by atoms with van der Waals surface area (Å²) in [6.45, 7) is 0.486. The van der Waals surface area contributed by atoms with E-state index >= 15 is 0 Å². The maximum absolute atomic E-state index is 13.2. The highest BCUT2D eigenvalue weighted by atomic mass is 19.1. The summed E-state index contributed by atoms with van der Waals surface area (Å²) in [6.07, 6.45) is -0.0143. The predicted octanol–water partition coefficient (Wildman–Crippen LogP) is 1.26. The Morgan fingerprint density at radius 2 is 2.31 bits per heavy atom. The molecule has 1 rings (SSSR count). The molecule has 0 spiro atoms. The molecule has 1 aromatic rings. The minimum Gasteiger partial charge on any atom is -0.481 e. The van der Waals surface area contributed by atoms with Crippen molar-refractivity contribution in [1.29, 1.82) is 5.26 Å². The maximum atomic E-state index is 13.2. The van der Waals surface area contributed by atoms with Gasteiger partial charge in [0.15, 0.2) is 0 Å². The van der Waals surface area contributed by atoms with Crippen LogP contribution in [0.3, 0.4) is 0 Å². The van der Waals surface area contributed by atoms with E-state index in [0.29, 0.717) is 11.1 Å². The van der Waals surface area contributed by atoms with Crippen LogP contribution >= 0.6 is 0 Å². The van der Waals surface area contributed by atoms with Crippen LogP contribution in [0.4, 0.5) is 4.39 Å². The molecule has 0 atom stereocenters. The first kappa shape index (κ1) is 12.1. The van der Waals surface area contributed by atoms with Crippen LogP contribution in [0, 0.1) is 17.1 Å². The van der Waals surface area contributed by atoms with Gasteiger partial charge in [-0.15, -0.1) is 0 Å². The number of aliphatic carboxylic acids is 1. The van der Waals surface area contributed by atoms with Gasteiger partial charge < -0.3 is 10.4 Å². The summed E-state index contributed by atoms with van der Waals surface area (Å²) < 4.78 is 13.2. The van der Waals surface area contributed by atoms with Crippen LogP contribution in [-0.2, 0) is 11.3 Å². The molecule has 0 fully saturated rings. The number of halogens is 1. The van der Waals surface area contributed by atoms with Gasteiger partial charge in [0.05, 0.1) is 18.1 Å². The third-order valence-corrected chi connectivity index (χ3v) is 2.01. The van der Waals surface area contributed by atoms with E-state index in [0.717, 1.165) is 0 Å². The SMILES string of the molecule is N#Cc1ccc(F)c(CNCCC(=O)O)c1. The molecule has 16 heavy (non-hydrogen) atoms. The summed E-state index contributed by atoms with van der Waals surface area (Å²) in [5.41, 5.74) is 0.751. The molecule has 0 amide bonds. The van der Waals surface area contributed by atoms with Crippen molar-refractivity contribution in [2.24, 2.45) is 0 Å². The molecular formula is C11H11FN2O2. The lowest BCUT2D eigenvalue weighted by atomic mass is 10.1. The quantitative estimate of drug-likeness (QED) is 0.735. The summed E-state index contributed by atoms with van der Waals surface area (Å²) >= 11 is 0. The van der Waals surface area contributed by atoms with Crippen molar-refractivity contribution >= 4 is 5.97 Å². The number of hydrogen-bond donors (Lipinski definition) is 2. The zero-order chi connectivity index (χ0) is 12.0. The highest BCUT2D eigenvalue weighted by molar-refractivity contribution is 5.66. The Kier molecular flexibility index (Phi) is 4.42. The normalized spacial score (nSPS) is 9.75. The molecule has 84 valence electrons. The largest absolute Gasteiger partial charge is 0.481 e. The number of carboxylic acid groups (broad SMARTS) is 1. The molecule has 2 N–H and O–H groups in total. The van der Waals surface area contributed by atoms with Gasteiger partial charge in [0.1, 0.15) is 5.82 Å². The average Bonchev–Trinajstić information content (AvgIpc) is 2.26. The molecule has 0 aliphatic heterocycles. The highest BCUT2D eigenvalue weighted by Crippen LogP contribution is 2.09. The van der Waals surface area contributed by atoms with Crippen LogP contribution < -0.4 is 5.32 Å². The van der Waals surface area contributed by atoms with E-state index < -0.39 is 11.8 Å². The number of hydrogen-bond acceptors (Lipinski definition) is 3. The Balaban J connectivity index is 2.53. The molecule has 0 bridgehead atoms. The lowest BCUT2D eigenvalue weighted by molar-refractivity contribution is -0.136. The standard InChI is InChI=1S/C11H11FN2O2/c12-10-2-1-8(6-13)5-9(10)7-14-4-3-11(15)16/h1-2,5,14H,3-4,7H2,(H,15,16). The summed E-state index contributed by atoms with van der Waals surface area (Å²) in [4.78, 5) is 10.2. The van der Waals surface area contributed by atoms with Gasteiger partial charge >= 0.3 is 5.97 Å². The van der Waals surface area contributed by atoms with Crippen LogP contribution in [-0.4, -0.2) is 17.6 Å². The number of nitriles is 1. The number of nitrogens with zero attached hydrogens (tertiary/aromatic N) is 1. The summed E-state index contributed by atoms with van der Waals surface area (Å²) in [5, 5.41) is 19.8. The fourth-order valence-electron chi connectivity index (χ4n) is 1.20. The molecule has 0 aliphatic carbocycles. The van der Waals surface area contributed by atoms with Crippen LogP contribution in [0.15, 0.2) is 18.2 Å². The van der Waals surface area contributed by atoms with Gasteiger partial charge in [-0.1, -0.05) is 0 Å². The molecular weight excluding hydrogens is 211 g/mol. The van der Waals surface area contributed by atoms with E-state index in [-0.39, 0.29) is 19.5 Å². The van der Waals surface area contributed by atoms with E-state index in [1.165, 1.54) is 18.2 Å². The van der Waals surface area contributed by atoms with Crippen molar-refractivity contribution in [1.82, 2.24) is 5.32 Å². The van der Waals surface area contributed by atoms with Crippen molar-refractivity contribution in [3.05, 3.63) is 35.1 Å². The molecule has 4 nitrogen and oxygen atoms in total. The Bertz CT molecular complexity index is 426. The van der Waals surface area contributed by atoms with Crippen molar-refractivity contribution in [2.45, 2.75) is 13.0 Å². The fraction of sp³-hybridized carbons (Fsp3) is 0.273. The maximum Gasteiger partial charge on any atom is 0.304 e. The Morgan fingerprint density at radius 1 is 1.56 bits per heavy atom. The van der Waals surface area contributed by atoms with Gasteiger partial charge in [0.2, 0.25) is 0 Å². The van der Waals surface area contributed by atoms with Crippen LogP contribution in [0.1, 0.15) is 17.5 Å². The average molecular weight is 222 g/mol. The first-order valence-corrected chi connectivity index (χ1v) is 4.74. The highest BCUT2D eigenvalue weighted by Gasteiger charge is 2.03. The molecule has 0 saturated heterocycles. The van der Waals surface area contributed by atoms with Crippen molar-refractivity contribution in [3.63, 3.8) is 0 Å². The molecule has 0 aliphatic rings. The number of benzene rings is 1. The van der Waals surface area contributed by atoms with Gasteiger partial charge in [-0.05, 0) is 18.2 Å². The van der Waals surface area contributed by atoms with Crippen LogP contribution in [0.25, 0.3) is 0 Å². The molecule has 0 saturated carbocycles. The summed E-state index contributed by atoms with van der Waals surface area (Å²) in [7, 11) is 0. The lowest BCUT2D eigenvalue weighted by Crippen LogP contribution is -2.18. The van der Waals surface area contributed by atoms with E-state index in [1.807, 2.05) is 6.07 Å². The Morgan fingerprint density at radius 3 is 2.94 bits per heavy atom. The van der Waals surface area contributed by atoms with E-state index in [9.17, 15) is 9.18 Å². The van der Waals surface area contributed by atoms with Gasteiger partial charge in [-0.25, -0.2) is 4.39 Å². The summed E-state index contributed by atoms with van der Waals surface area (Å²) in [6, 6.07) is 5.99. The minimum atomic E-state index is -0.904. The third kappa shape index (κ3) is 3.67. The number of carbonyl (C=O) groups is 1. The predicted molar refractivity (Wildman–Crippen MR) is 55.1 cm³/mol. The van der Waals surface area contributed by atoms with Gasteiger partial charge in [-0.2, -0.15) is 5.26 Å².